The standard InChI is InChI=1S/C64H112Cl2/c1-58(2,3)53-38-54(63(12,13)45-61(8,9)43-59(4,5)41-51(47-28-20-16-21-29-47)36-56(65)49-32-24-18-25-33-49)40-55(39-53)64(14,15)46-62(10,11)44-60(6,7)42-52(48-30-22-17-23-31-48)37-57(66)50-34-26-19-27-35-50/h38-40,47-52,56-57H,16-37,41-46H2,1-15H3. The molecule has 4 saturated carbocycles. The minimum absolute atomic E-state index is 0.0558. The Morgan fingerprint density at radius 1 is 0.364 bits per heavy atom. The van der Waals surface area contributed by atoms with E-state index in [1.54, 1.807) is 11.1 Å². The van der Waals surface area contributed by atoms with Gasteiger partial charge in [-0.05, 0) is 167 Å². The summed E-state index contributed by atoms with van der Waals surface area (Å²) < 4.78 is 0. The Labute approximate surface area is 423 Å². The van der Waals surface area contributed by atoms with Gasteiger partial charge in [0.15, 0.2) is 0 Å². The summed E-state index contributed by atoms with van der Waals surface area (Å²) in [5.74, 6) is 4.75. The molecule has 4 aliphatic carbocycles. The second-order valence-electron chi connectivity index (χ2n) is 30.2. The molecule has 1 aromatic carbocycles. The summed E-state index contributed by atoms with van der Waals surface area (Å²) in [6, 6.07) is 7.90. The van der Waals surface area contributed by atoms with Crippen LogP contribution >= 0.6 is 23.2 Å². The first-order chi connectivity index (χ1) is 30.6. The highest BCUT2D eigenvalue weighted by atomic mass is 35.5. The van der Waals surface area contributed by atoms with Crippen LogP contribution in [0.1, 0.15) is 300 Å². The summed E-state index contributed by atoms with van der Waals surface area (Å²) >= 11 is 14.8. The molecule has 0 aromatic heterocycles. The number of hydrogen-bond acceptors (Lipinski definition) is 0. The van der Waals surface area contributed by atoms with E-state index in [2.05, 4.69) is 122 Å². The predicted molar refractivity (Wildman–Crippen MR) is 296 cm³/mol. The van der Waals surface area contributed by atoms with Crippen molar-refractivity contribution in [3.8, 4) is 0 Å². The first-order valence-electron chi connectivity index (χ1n) is 29.0. The summed E-state index contributed by atoms with van der Waals surface area (Å²) in [6.45, 7) is 38.5. The van der Waals surface area contributed by atoms with Crippen molar-refractivity contribution in [1.82, 2.24) is 0 Å². The average Bonchev–Trinajstić information content (AvgIpc) is 3.22. The van der Waals surface area contributed by atoms with Crippen molar-refractivity contribution >= 4 is 23.2 Å². The van der Waals surface area contributed by atoms with E-state index in [9.17, 15) is 0 Å². The van der Waals surface area contributed by atoms with E-state index < -0.39 is 0 Å². The van der Waals surface area contributed by atoms with Gasteiger partial charge in [0.2, 0.25) is 0 Å². The van der Waals surface area contributed by atoms with E-state index >= 15 is 0 Å². The first kappa shape index (κ1) is 56.7. The smallest absolute Gasteiger partial charge is 0.0367 e. The predicted octanol–water partition coefficient (Wildman–Crippen LogP) is 21.5. The Kier molecular flexibility index (Phi) is 20.2. The maximum Gasteiger partial charge on any atom is 0.0367 e. The SMILES string of the molecule is CC(C)(CC(CC(Cl)C1CCCCC1)C1CCCCC1)CC(C)(C)CC(C)(C)c1cc(C(C)(C)C)cc(C(C)(C)CC(C)(C)CC(C)(C)CC(CC(Cl)C2CCCCC2)C2CCCCC2)c1. The number of hydrogen-bond donors (Lipinski definition) is 0. The van der Waals surface area contributed by atoms with Crippen LogP contribution in [0.2, 0.25) is 0 Å². The third kappa shape index (κ3) is 17.5. The maximum absolute atomic E-state index is 7.42. The minimum Gasteiger partial charge on any atom is -0.123 e. The molecule has 4 unspecified atom stereocenters. The van der Waals surface area contributed by atoms with Crippen LogP contribution < -0.4 is 0 Å². The Balaban J connectivity index is 1.31. The van der Waals surface area contributed by atoms with Gasteiger partial charge in [0.05, 0.1) is 0 Å². The maximum atomic E-state index is 7.42. The van der Waals surface area contributed by atoms with Crippen LogP contribution in [0.4, 0.5) is 0 Å². The summed E-state index contributed by atoms with van der Waals surface area (Å²) in [6.07, 6.45) is 38.2. The lowest BCUT2D eigenvalue weighted by molar-refractivity contribution is 0.0967. The summed E-state index contributed by atoms with van der Waals surface area (Å²) in [5, 5.41) is 0.730. The van der Waals surface area contributed by atoms with Crippen molar-refractivity contribution in [2.24, 2.45) is 57.2 Å². The highest BCUT2D eigenvalue weighted by Gasteiger charge is 2.42. The average molecular weight is 953 g/mol. The zero-order valence-electron chi connectivity index (χ0n) is 46.9. The van der Waals surface area contributed by atoms with Crippen LogP contribution in [0.25, 0.3) is 0 Å². The molecule has 2 heteroatoms. The quantitative estimate of drug-likeness (QED) is 0.102. The minimum atomic E-state index is 0.0558. The largest absolute Gasteiger partial charge is 0.123 e. The van der Waals surface area contributed by atoms with E-state index in [0.717, 1.165) is 35.5 Å². The van der Waals surface area contributed by atoms with Gasteiger partial charge in [-0.2, -0.15) is 0 Å². The first-order valence-corrected chi connectivity index (χ1v) is 29.9. The lowest BCUT2D eigenvalue weighted by atomic mass is 9.61. The van der Waals surface area contributed by atoms with Crippen molar-refractivity contribution < 1.29 is 0 Å². The van der Waals surface area contributed by atoms with E-state index in [4.69, 9.17) is 23.2 Å². The Bertz CT molecular complexity index is 1470. The van der Waals surface area contributed by atoms with Gasteiger partial charge in [-0.25, -0.2) is 0 Å². The highest BCUT2D eigenvalue weighted by molar-refractivity contribution is 6.21. The van der Waals surface area contributed by atoms with E-state index in [-0.39, 0.29) is 37.9 Å². The van der Waals surface area contributed by atoms with Crippen LogP contribution in [0.3, 0.4) is 0 Å². The van der Waals surface area contributed by atoms with Gasteiger partial charge in [0.1, 0.15) is 0 Å². The Hall–Kier alpha value is -0.200. The molecule has 0 radical (unpaired) electrons. The lowest BCUT2D eigenvalue weighted by Gasteiger charge is -2.44. The molecule has 0 saturated heterocycles. The molecule has 0 N–H and O–H groups in total. The number of rotatable bonds is 22. The second-order valence-corrected chi connectivity index (χ2v) is 31.3. The molecule has 66 heavy (non-hydrogen) atoms. The Morgan fingerprint density at radius 2 is 0.636 bits per heavy atom. The third-order valence-electron chi connectivity index (χ3n) is 18.8. The molecule has 0 heterocycles. The van der Waals surface area contributed by atoms with Crippen LogP contribution in [0, 0.1) is 57.2 Å². The molecular weight excluding hydrogens is 840 g/mol. The van der Waals surface area contributed by atoms with Crippen LogP contribution in [-0.2, 0) is 16.2 Å². The molecule has 0 spiro atoms. The molecule has 0 amide bonds. The van der Waals surface area contributed by atoms with Crippen molar-refractivity contribution in [3.63, 3.8) is 0 Å². The normalized spacial score (nSPS) is 22.3. The van der Waals surface area contributed by atoms with Gasteiger partial charge >= 0.3 is 0 Å². The van der Waals surface area contributed by atoms with Gasteiger partial charge in [-0.3, -0.25) is 0 Å². The highest BCUT2D eigenvalue weighted by Crippen LogP contribution is 2.52. The van der Waals surface area contributed by atoms with Gasteiger partial charge in [-0.1, -0.05) is 225 Å². The van der Waals surface area contributed by atoms with Crippen LogP contribution in [0.5, 0.6) is 0 Å². The number of halogens is 2. The Morgan fingerprint density at radius 3 is 0.924 bits per heavy atom. The zero-order chi connectivity index (χ0) is 48.8. The van der Waals surface area contributed by atoms with Gasteiger partial charge in [0.25, 0.3) is 0 Å². The lowest BCUT2D eigenvalue weighted by Crippen LogP contribution is -2.35. The molecule has 4 fully saturated rings. The molecule has 0 bridgehead atoms. The molecule has 1 aromatic rings. The monoisotopic (exact) mass is 951 g/mol. The molecule has 5 rings (SSSR count). The molecule has 4 aliphatic rings. The van der Waals surface area contributed by atoms with Crippen molar-refractivity contribution in [3.05, 3.63) is 34.9 Å². The van der Waals surface area contributed by atoms with E-state index in [0.29, 0.717) is 10.8 Å². The fourth-order valence-electron chi connectivity index (χ4n) is 16.8. The van der Waals surface area contributed by atoms with Crippen molar-refractivity contribution in [2.45, 2.75) is 311 Å². The summed E-state index contributed by atoms with van der Waals surface area (Å²) in [5.41, 5.74) is 5.77. The van der Waals surface area contributed by atoms with Crippen LogP contribution in [0.15, 0.2) is 18.2 Å². The molecular formula is C64H112Cl2. The number of alkyl halides is 2. The summed E-state index contributed by atoms with van der Waals surface area (Å²) in [4.78, 5) is 0. The third-order valence-corrected chi connectivity index (χ3v) is 19.8. The zero-order valence-corrected chi connectivity index (χ0v) is 48.4. The fourth-order valence-corrected chi connectivity index (χ4v) is 17.7. The molecule has 4 atom stereocenters. The fraction of sp³-hybridized carbons (Fsp3) is 0.906. The van der Waals surface area contributed by atoms with E-state index in [1.807, 2.05) is 0 Å². The van der Waals surface area contributed by atoms with Crippen LogP contribution in [-0.4, -0.2) is 10.8 Å². The number of benzene rings is 1. The van der Waals surface area contributed by atoms with Crippen molar-refractivity contribution in [2.75, 3.05) is 0 Å². The van der Waals surface area contributed by atoms with Gasteiger partial charge in [-0.15, -0.1) is 23.2 Å². The van der Waals surface area contributed by atoms with Gasteiger partial charge in [0, 0.05) is 10.8 Å². The molecule has 0 aliphatic heterocycles. The topological polar surface area (TPSA) is 0 Å². The second kappa shape index (κ2) is 23.6. The summed E-state index contributed by atoms with van der Waals surface area (Å²) in [7, 11) is 0. The van der Waals surface area contributed by atoms with E-state index in [1.165, 1.54) is 185 Å². The van der Waals surface area contributed by atoms with Gasteiger partial charge < -0.3 is 0 Å². The molecule has 0 nitrogen and oxygen atoms in total. The van der Waals surface area contributed by atoms with Crippen molar-refractivity contribution in [1.29, 1.82) is 0 Å². The molecule has 382 valence electrons.